The van der Waals surface area contributed by atoms with E-state index in [1.165, 1.54) is 77.0 Å². The Morgan fingerprint density at radius 1 is 0.513 bits per heavy atom. The van der Waals surface area contributed by atoms with E-state index >= 15 is 0 Å². The van der Waals surface area contributed by atoms with Crippen LogP contribution in [0.15, 0.2) is 12.2 Å². The lowest BCUT2D eigenvalue weighted by molar-refractivity contribution is -0.973. The third kappa shape index (κ3) is 13.8. The SMILES string of the molecule is CCCCC/C=C/CCCCCCCCCCCCC[N+](C(CC)C(=O)O)(C(CC)C(=O)O)C(CC)C(=O)O. The molecule has 0 rings (SSSR count). The molecule has 0 fully saturated rings. The lowest BCUT2D eigenvalue weighted by Gasteiger charge is -2.49. The van der Waals surface area contributed by atoms with Gasteiger partial charge in [0.1, 0.15) is 0 Å². The van der Waals surface area contributed by atoms with E-state index in [9.17, 15) is 29.7 Å². The lowest BCUT2D eigenvalue weighted by Crippen LogP contribution is -2.72. The second kappa shape index (κ2) is 22.9. The summed E-state index contributed by atoms with van der Waals surface area (Å²) in [5, 5.41) is 30.0. The molecule has 0 aromatic carbocycles. The number of rotatable bonds is 27. The van der Waals surface area contributed by atoms with Crippen LogP contribution in [0.25, 0.3) is 0 Å². The Balaban J connectivity index is 4.57. The highest BCUT2D eigenvalue weighted by Gasteiger charge is 2.55. The van der Waals surface area contributed by atoms with Gasteiger partial charge in [-0.15, -0.1) is 0 Å². The van der Waals surface area contributed by atoms with Gasteiger partial charge in [0.15, 0.2) is 18.1 Å². The standard InChI is InChI=1S/C32H59NO6/c1-5-9-10-11-12-13-14-15-16-17-18-19-20-21-22-23-24-25-26-33(27(6-2)30(34)35,28(7-3)31(36)37)29(8-4)32(38)39/h12-13,27-29H,5-11,14-26H2,1-4H3,(H2-,34,35,36,37,38,39)/p+1/b13-12+. The zero-order valence-corrected chi connectivity index (χ0v) is 25.5. The molecule has 0 aromatic heterocycles. The van der Waals surface area contributed by atoms with E-state index in [2.05, 4.69) is 19.1 Å². The molecule has 7 nitrogen and oxygen atoms in total. The summed E-state index contributed by atoms with van der Waals surface area (Å²) in [6.07, 6.45) is 24.0. The molecule has 0 aliphatic heterocycles. The molecule has 3 N–H and O–H groups in total. The fraction of sp³-hybridized carbons (Fsp3) is 0.844. The maximum absolute atomic E-state index is 12.3. The number of hydrogen-bond acceptors (Lipinski definition) is 3. The van der Waals surface area contributed by atoms with E-state index in [4.69, 9.17) is 0 Å². The number of hydrogen-bond donors (Lipinski definition) is 3. The van der Waals surface area contributed by atoms with Crippen molar-refractivity contribution in [1.29, 1.82) is 0 Å². The van der Waals surface area contributed by atoms with Gasteiger partial charge in [0, 0.05) is 19.3 Å². The summed E-state index contributed by atoms with van der Waals surface area (Å²) < 4.78 is -0.405. The minimum atomic E-state index is -1.12. The van der Waals surface area contributed by atoms with Gasteiger partial charge in [-0.2, -0.15) is 0 Å². The third-order valence-corrected chi connectivity index (χ3v) is 8.31. The number of carbonyl (C=O) groups is 3. The lowest BCUT2D eigenvalue weighted by atomic mass is 9.93. The summed E-state index contributed by atoms with van der Waals surface area (Å²) in [4.78, 5) is 36.8. The number of quaternary nitrogens is 1. The number of unbranched alkanes of at least 4 members (excludes halogenated alkanes) is 14. The fourth-order valence-corrected chi connectivity index (χ4v) is 6.27. The molecule has 0 heterocycles. The fourth-order valence-electron chi connectivity index (χ4n) is 6.27. The molecular formula is C32H60NO6+. The van der Waals surface area contributed by atoms with Crippen molar-refractivity contribution in [2.75, 3.05) is 6.54 Å². The zero-order valence-electron chi connectivity index (χ0n) is 25.5. The number of allylic oxidation sites excluding steroid dienone is 2. The Morgan fingerprint density at radius 2 is 0.821 bits per heavy atom. The number of carboxylic acids is 3. The maximum Gasteiger partial charge on any atom is 0.362 e. The van der Waals surface area contributed by atoms with E-state index in [0.717, 1.165) is 19.3 Å². The Hall–Kier alpha value is -1.89. The second-order valence-electron chi connectivity index (χ2n) is 11.2. The van der Waals surface area contributed by atoms with Crippen LogP contribution in [0.1, 0.15) is 150 Å². The molecule has 0 aliphatic carbocycles. The van der Waals surface area contributed by atoms with Gasteiger partial charge < -0.3 is 15.3 Å². The van der Waals surface area contributed by atoms with Crippen LogP contribution in [0.4, 0.5) is 0 Å². The zero-order chi connectivity index (χ0) is 29.5. The molecule has 0 aromatic rings. The molecule has 0 bridgehead atoms. The molecule has 228 valence electrons. The van der Waals surface area contributed by atoms with Crippen LogP contribution in [0.2, 0.25) is 0 Å². The third-order valence-electron chi connectivity index (χ3n) is 8.31. The Bertz CT molecular complexity index is 637. The first kappa shape index (κ1) is 37.1. The quantitative estimate of drug-likeness (QED) is 0.0536. The minimum absolute atomic E-state index is 0.193. The van der Waals surface area contributed by atoms with Crippen molar-refractivity contribution >= 4 is 17.9 Å². The molecule has 0 saturated heterocycles. The van der Waals surface area contributed by atoms with Crippen molar-refractivity contribution in [1.82, 2.24) is 0 Å². The highest BCUT2D eigenvalue weighted by atomic mass is 16.4. The molecule has 0 spiro atoms. The van der Waals surface area contributed by atoms with Crippen LogP contribution in [0, 0.1) is 0 Å². The summed E-state index contributed by atoms with van der Waals surface area (Å²) in [7, 11) is 0. The molecule has 0 amide bonds. The van der Waals surface area contributed by atoms with Gasteiger partial charge in [-0.25, -0.2) is 14.4 Å². The molecule has 39 heavy (non-hydrogen) atoms. The molecule has 0 aliphatic rings. The van der Waals surface area contributed by atoms with Gasteiger partial charge in [0.2, 0.25) is 0 Å². The highest BCUT2D eigenvalue weighted by molar-refractivity contribution is 5.78. The van der Waals surface area contributed by atoms with Crippen LogP contribution in [-0.2, 0) is 14.4 Å². The first-order valence-corrected chi connectivity index (χ1v) is 15.9. The summed E-state index contributed by atoms with van der Waals surface area (Å²) >= 11 is 0. The van der Waals surface area contributed by atoms with Gasteiger partial charge in [-0.05, 0) is 38.5 Å². The largest absolute Gasteiger partial charge is 0.477 e. The van der Waals surface area contributed by atoms with Crippen molar-refractivity contribution in [2.45, 2.75) is 168 Å². The Morgan fingerprint density at radius 3 is 1.13 bits per heavy atom. The predicted octanol–water partition coefficient (Wildman–Crippen LogP) is 8.21. The summed E-state index contributed by atoms with van der Waals surface area (Å²) in [5.41, 5.74) is 0. The van der Waals surface area contributed by atoms with Gasteiger partial charge in [0.05, 0.1) is 6.54 Å². The van der Waals surface area contributed by atoms with Crippen LogP contribution >= 0.6 is 0 Å². The topological polar surface area (TPSA) is 112 Å². The normalized spacial score (nSPS) is 15.6. The molecule has 0 saturated carbocycles. The first-order chi connectivity index (χ1) is 18.7. The van der Waals surface area contributed by atoms with E-state index in [-0.39, 0.29) is 25.8 Å². The molecule has 7 heteroatoms. The minimum Gasteiger partial charge on any atom is -0.477 e. The monoisotopic (exact) mass is 554 g/mol. The second-order valence-corrected chi connectivity index (χ2v) is 11.2. The van der Waals surface area contributed by atoms with Crippen molar-refractivity contribution in [3.05, 3.63) is 12.2 Å². The van der Waals surface area contributed by atoms with Crippen LogP contribution in [-0.4, -0.2) is 62.4 Å². The highest BCUT2D eigenvalue weighted by Crippen LogP contribution is 2.32. The first-order valence-electron chi connectivity index (χ1n) is 15.9. The van der Waals surface area contributed by atoms with E-state index < -0.39 is 40.5 Å². The van der Waals surface area contributed by atoms with Crippen molar-refractivity contribution in [3.63, 3.8) is 0 Å². The van der Waals surface area contributed by atoms with Crippen LogP contribution < -0.4 is 0 Å². The summed E-state index contributed by atoms with van der Waals surface area (Å²) in [6.45, 7) is 7.63. The van der Waals surface area contributed by atoms with E-state index in [1.54, 1.807) is 20.8 Å². The molecular weight excluding hydrogens is 494 g/mol. The summed E-state index contributed by atoms with van der Waals surface area (Å²) in [6, 6.07) is -3.18. The Kier molecular flexibility index (Phi) is 21.8. The average Bonchev–Trinajstić information content (AvgIpc) is 2.88. The number of nitrogens with zero attached hydrogens (tertiary/aromatic N) is 1. The molecule has 3 unspecified atom stereocenters. The van der Waals surface area contributed by atoms with Gasteiger partial charge in [-0.1, -0.05) is 104 Å². The van der Waals surface area contributed by atoms with E-state index in [0.29, 0.717) is 6.42 Å². The van der Waals surface area contributed by atoms with Crippen LogP contribution in [0.5, 0.6) is 0 Å². The summed E-state index contributed by atoms with van der Waals surface area (Å²) in [5.74, 6) is -3.35. The average molecular weight is 555 g/mol. The molecule has 3 atom stereocenters. The van der Waals surface area contributed by atoms with Crippen LogP contribution in [0.3, 0.4) is 0 Å². The smallest absolute Gasteiger partial charge is 0.362 e. The number of carboxylic acid groups (broad SMARTS) is 3. The van der Waals surface area contributed by atoms with E-state index in [1.807, 2.05) is 0 Å². The molecule has 0 radical (unpaired) electrons. The van der Waals surface area contributed by atoms with Crippen molar-refractivity contribution < 1.29 is 34.2 Å². The van der Waals surface area contributed by atoms with Gasteiger partial charge in [0.25, 0.3) is 0 Å². The van der Waals surface area contributed by atoms with Crippen molar-refractivity contribution in [2.24, 2.45) is 0 Å². The van der Waals surface area contributed by atoms with Gasteiger partial charge in [-0.3, -0.25) is 4.48 Å². The Labute approximate surface area is 238 Å². The maximum atomic E-state index is 12.3. The van der Waals surface area contributed by atoms with Gasteiger partial charge >= 0.3 is 17.9 Å². The number of aliphatic carboxylic acids is 3. The predicted molar refractivity (Wildman–Crippen MR) is 159 cm³/mol. The van der Waals surface area contributed by atoms with Crippen molar-refractivity contribution in [3.8, 4) is 0 Å².